The molecule has 2 bridgehead atoms. The van der Waals surface area contributed by atoms with E-state index in [4.69, 9.17) is 0 Å². The maximum Gasteiger partial charge on any atom is 0.0227 e. The molecular weight excluding hydrogens is 210 g/mol. The molecule has 0 spiro atoms. The molecule has 0 amide bonds. The average Bonchev–Trinajstić information content (AvgIpc) is 2.61. The van der Waals surface area contributed by atoms with Crippen LogP contribution in [0.3, 0.4) is 0 Å². The summed E-state index contributed by atoms with van der Waals surface area (Å²) in [4.78, 5) is 7.94. The smallest absolute Gasteiger partial charge is 0.0227 e. The van der Waals surface area contributed by atoms with E-state index in [-0.39, 0.29) is 0 Å². The van der Waals surface area contributed by atoms with E-state index in [1.165, 1.54) is 45.6 Å². The van der Waals surface area contributed by atoms with Gasteiger partial charge in [0.15, 0.2) is 0 Å². The Balaban J connectivity index is 1.39. The number of hydrogen-bond donors (Lipinski definition) is 0. The summed E-state index contributed by atoms with van der Waals surface area (Å²) >= 11 is 0. The Bertz CT molecular complexity index is 293. The van der Waals surface area contributed by atoms with E-state index in [0.29, 0.717) is 0 Å². The third kappa shape index (κ3) is 1.66. The Labute approximate surface area is 105 Å². The highest BCUT2D eigenvalue weighted by Crippen LogP contribution is 2.52. The monoisotopic (exact) mass is 235 g/mol. The van der Waals surface area contributed by atoms with Crippen molar-refractivity contribution >= 4 is 0 Å². The van der Waals surface area contributed by atoms with E-state index in [2.05, 4.69) is 28.8 Å². The van der Waals surface area contributed by atoms with Crippen LogP contribution < -0.4 is 0 Å². The normalized spacial score (nSPS) is 50.8. The molecule has 0 N–H and O–H groups in total. The summed E-state index contributed by atoms with van der Waals surface area (Å²) in [5.41, 5.74) is 0. The van der Waals surface area contributed by atoms with Gasteiger partial charge in [-0.2, -0.15) is 0 Å². The van der Waals surface area contributed by atoms with Crippen LogP contribution in [-0.2, 0) is 0 Å². The molecule has 96 valence electrons. The summed E-state index contributed by atoms with van der Waals surface area (Å²) in [6.07, 6.45) is 2.91. The van der Waals surface area contributed by atoms with E-state index in [1.54, 1.807) is 0 Å². The fourth-order valence-electron chi connectivity index (χ4n) is 4.87. The van der Waals surface area contributed by atoms with Crippen molar-refractivity contribution in [1.82, 2.24) is 14.7 Å². The lowest BCUT2D eigenvalue weighted by Gasteiger charge is -2.40. The van der Waals surface area contributed by atoms with Crippen LogP contribution in [0.1, 0.15) is 12.8 Å². The standard InChI is InChI=1S/C14H25N3/c1-15-5-10-3-4-11(6-15)17(10)9-14-12-7-16(2)8-13(12)14/h10-14H,3-9H2,1-2H3/t10?,11?,12-,13+,14?. The largest absolute Gasteiger partial charge is 0.306 e. The highest BCUT2D eigenvalue weighted by molar-refractivity contribution is 5.07. The molecule has 0 aromatic rings. The molecular formula is C14H25N3. The Morgan fingerprint density at radius 1 is 0.824 bits per heavy atom. The fourth-order valence-corrected chi connectivity index (χ4v) is 4.87. The fraction of sp³-hybridized carbons (Fsp3) is 1.00. The highest BCUT2D eigenvalue weighted by atomic mass is 15.3. The van der Waals surface area contributed by atoms with E-state index in [1.807, 2.05) is 0 Å². The van der Waals surface area contributed by atoms with Gasteiger partial charge in [0.05, 0.1) is 0 Å². The minimum Gasteiger partial charge on any atom is -0.306 e. The zero-order chi connectivity index (χ0) is 11.6. The molecule has 4 rings (SSSR count). The molecule has 3 aliphatic heterocycles. The second kappa shape index (κ2) is 3.69. The van der Waals surface area contributed by atoms with Gasteiger partial charge in [0, 0.05) is 44.8 Å². The minimum absolute atomic E-state index is 0.887. The molecule has 1 saturated carbocycles. The van der Waals surface area contributed by atoms with Crippen molar-refractivity contribution in [3.8, 4) is 0 Å². The molecule has 3 saturated heterocycles. The van der Waals surface area contributed by atoms with Gasteiger partial charge >= 0.3 is 0 Å². The summed E-state index contributed by atoms with van der Waals surface area (Å²) in [5.74, 6) is 3.16. The quantitative estimate of drug-likeness (QED) is 0.693. The lowest BCUT2D eigenvalue weighted by molar-refractivity contribution is 0.0735. The van der Waals surface area contributed by atoms with Gasteiger partial charge in [-0.05, 0) is 44.7 Å². The molecule has 0 aromatic carbocycles. The molecule has 5 atom stereocenters. The van der Waals surface area contributed by atoms with Crippen molar-refractivity contribution in [3.05, 3.63) is 0 Å². The van der Waals surface area contributed by atoms with Gasteiger partial charge in [0.2, 0.25) is 0 Å². The molecule has 0 aromatic heterocycles. The number of rotatable bonds is 2. The third-order valence-corrected chi connectivity index (χ3v) is 5.79. The first-order valence-corrected chi connectivity index (χ1v) is 7.35. The van der Waals surface area contributed by atoms with Crippen LogP contribution in [0.25, 0.3) is 0 Å². The second-order valence-corrected chi connectivity index (χ2v) is 7.02. The lowest BCUT2D eigenvalue weighted by atomic mass is 10.1. The molecule has 3 unspecified atom stereocenters. The number of likely N-dealkylation sites (N-methyl/N-ethyl adjacent to an activating group) is 1. The minimum atomic E-state index is 0.887. The van der Waals surface area contributed by atoms with Gasteiger partial charge in [-0.25, -0.2) is 0 Å². The van der Waals surface area contributed by atoms with E-state index in [0.717, 1.165) is 29.8 Å². The maximum atomic E-state index is 2.88. The number of nitrogens with zero attached hydrogens (tertiary/aromatic N) is 3. The third-order valence-electron chi connectivity index (χ3n) is 5.79. The van der Waals surface area contributed by atoms with Crippen molar-refractivity contribution in [2.45, 2.75) is 24.9 Å². The number of piperidine rings is 1. The second-order valence-electron chi connectivity index (χ2n) is 7.02. The van der Waals surface area contributed by atoms with Crippen LogP contribution in [0, 0.1) is 17.8 Å². The molecule has 0 radical (unpaired) electrons. The Kier molecular flexibility index (Phi) is 2.34. The molecule has 4 aliphatic rings. The van der Waals surface area contributed by atoms with Crippen LogP contribution >= 0.6 is 0 Å². The van der Waals surface area contributed by atoms with Gasteiger partial charge in [-0.1, -0.05) is 0 Å². The van der Waals surface area contributed by atoms with Crippen molar-refractivity contribution in [3.63, 3.8) is 0 Å². The lowest BCUT2D eigenvalue weighted by Crippen LogP contribution is -2.53. The topological polar surface area (TPSA) is 9.72 Å². The average molecular weight is 235 g/mol. The van der Waals surface area contributed by atoms with E-state index < -0.39 is 0 Å². The zero-order valence-electron chi connectivity index (χ0n) is 11.2. The van der Waals surface area contributed by atoms with Gasteiger partial charge in [0.1, 0.15) is 0 Å². The number of likely N-dealkylation sites (tertiary alicyclic amines) is 2. The molecule has 3 heterocycles. The molecule has 4 fully saturated rings. The van der Waals surface area contributed by atoms with Gasteiger partial charge in [0.25, 0.3) is 0 Å². The van der Waals surface area contributed by atoms with Crippen molar-refractivity contribution < 1.29 is 0 Å². The summed E-state index contributed by atoms with van der Waals surface area (Å²) in [5, 5.41) is 0. The van der Waals surface area contributed by atoms with Crippen molar-refractivity contribution in [2.75, 3.05) is 46.8 Å². The van der Waals surface area contributed by atoms with Crippen LogP contribution in [0.5, 0.6) is 0 Å². The first kappa shape index (κ1) is 10.8. The van der Waals surface area contributed by atoms with Gasteiger partial charge in [-0.3, -0.25) is 4.90 Å². The zero-order valence-corrected chi connectivity index (χ0v) is 11.2. The van der Waals surface area contributed by atoms with E-state index >= 15 is 0 Å². The number of piperazine rings is 1. The summed E-state index contributed by atoms with van der Waals surface area (Å²) in [6, 6.07) is 1.77. The van der Waals surface area contributed by atoms with Crippen LogP contribution in [-0.4, -0.2) is 73.6 Å². The summed E-state index contributed by atoms with van der Waals surface area (Å²) < 4.78 is 0. The van der Waals surface area contributed by atoms with Crippen molar-refractivity contribution in [1.29, 1.82) is 0 Å². The Hall–Kier alpha value is -0.120. The number of hydrogen-bond acceptors (Lipinski definition) is 3. The van der Waals surface area contributed by atoms with Gasteiger partial charge in [-0.15, -0.1) is 0 Å². The van der Waals surface area contributed by atoms with Gasteiger partial charge < -0.3 is 9.80 Å². The van der Waals surface area contributed by atoms with Crippen molar-refractivity contribution in [2.24, 2.45) is 17.8 Å². The first-order valence-electron chi connectivity index (χ1n) is 7.35. The Morgan fingerprint density at radius 2 is 1.35 bits per heavy atom. The van der Waals surface area contributed by atoms with Crippen LogP contribution in [0.4, 0.5) is 0 Å². The first-order chi connectivity index (χ1) is 8.22. The predicted octanol–water partition coefficient (Wildman–Crippen LogP) is 0.572. The highest BCUT2D eigenvalue weighted by Gasteiger charge is 2.56. The molecule has 3 heteroatoms. The van der Waals surface area contributed by atoms with Crippen LogP contribution in [0.15, 0.2) is 0 Å². The summed E-state index contributed by atoms with van der Waals surface area (Å²) in [7, 11) is 4.58. The van der Waals surface area contributed by atoms with E-state index in [9.17, 15) is 0 Å². The molecule has 1 aliphatic carbocycles. The predicted molar refractivity (Wildman–Crippen MR) is 69.0 cm³/mol. The SMILES string of the molecule is CN1CC2CCC(C1)N2CC1[C@H]2CN(C)C[C@@H]12. The van der Waals surface area contributed by atoms with Crippen LogP contribution in [0.2, 0.25) is 0 Å². The Morgan fingerprint density at radius 3 is 1.94 bits per heavy atom. The molecule has 3 nitrogen and oxygen atoms in total. The number of fused-ring (bicyclic) bond motifs is 3. The summed E-state index contributed by atoms with van der Waals surface area (Å²) in [6.45, 7) is 6.81. The maximum absolute atomic E-state index is 2.88. The molecule has 17 heavy (non-hydrogen) atoms.